The Labute approximate surface area is 205 Å². The van der Waals surface area contributed by atoms with Crippen LogP contribution in [0.3, 0.4) is 0 Å². The van der Waals surface area contributed by atoms with Crippen LogP contribution in [0, 0.1) is 12.8 Å². The molecular formula is C28H30N6O. The second-order valence-corrected chi connectivity index (χ2v) is 9.90. The van der Waals surface area contributed by atoms with Gasteiger partial charge in [-0.15, -0.1) is 0 Å². The smallest absolute Gasteiger partial charge is 0.229 e. The number of amides is 1. The lowest BCUT2D eigenvalue weighted by Crippen LogP contribution is -2.18. The fraction of sp³-hybridized carbons (Fsp3) is 0.321. The van der Waals surface area contributed by atoms with E-state index in [2.05, 4.69) is 51.5 Å². The summed E-state index contributed by atoms with van der Waals surface area (Å²) in [5, 5.41) is 9.11. The van der Waals surface area contributed by atoms with Crippen LogP contribution in [0.2, 0.25) is 0 Å². The molecule has 3 heterocycles. The highest BCUT2D eigenvalue weighted by Crippen LogP contribution is 2.48. The molecule has 1 aliphatic carbocycles. The second kappa shape index (κ2) is 8.41. The largest absolute Gasteiger partial charge is 0.398 e. The normalized spacial score (nSPS) is 19.3. The van der Waals surface area contributed by atoms with Gasteiger partial charge in [-0.1, -0.05) is 12.1 Å². The number of aryl methyl sites for hydroxylation is 2. The van der Waals surface area contributed by atoms with Gasteiger partial charge in [-0.2, -0.15) is 5.10 Å². The van der Waals surface area contributed by atoms with Gasteiger partial charge in [0.15, 0.2) is 0 Å². The second-order valence-electron chi connectivity index (χ2n) is 9.90. The first-order valence-electron chi connectivity index (χ1n) is 12.3. The van der Waals surface area contributed by atoms with E-state index >= 15 is 0 Å². The number of rotatable bonds is 5. The van der Waals surface area contributed by atoms with E-state index in [4.69, 9.17) is 5.73 Å². The first kappa shape index (κ1) is 21.6. The number of nitrogens with two attached hydrogens (primary N) is 1. The summed E-state index contributed by atoms with van der Waals surface area (Å²) in [6, 6.07) is 12.6. The van der Waals surface area contributed by atoms with Crippen LogP contribution < -0.4 is 16.0 Å². The SMILES string of the molecule is Cc1cccc(N2CCCC2)c1-c1cc(N)c2cnc(NC(=O)[C@@H]3C[C@H]3c3cnn(C)c3)cc2c1. The van der Waals surface area contributed by atoms with Crippen molar-refractivity contribution in [2.45, 2.75) is 32.1 Å². The summed E-state index contributed by atoms with van der Waals surface area (Å²) >= 11 is 0. The molecule has 0 bridgehead atoms. The molecule has 7 heteroatoms. The van der Waals surface area contributed by atoms with Gasteiger partial charge in [-0.3, -0.25) is 9.48 Å². The Morgan fingerprint density at radius 2 is 1.97 bits per heavy atom. The van der Waals surface area contributed by atoms with Crippen LogP contribution in [0.1, 0.15) is 36.3 Å². The number of hydrogen-bond acceptors (Lipinski definition) is 5. The molecule has 0 spiro atoms. The molecular weight excluding hydrogens is 436 g/mol. The number of nitrogen functional groups attached to an aromatic ring is 1. The highest BCUT2D eigenvalue weighted by Gasteiger charge is 2.44. The number of nitrogens with one attached hydrogen (secondary N) is 1. The average Bonchev–Trinajstić information content (AvgIpc) is 3.21. The van der Waals surface area contributed by atoms with E-state index in [1.165, 1.54) is 29.7 Å². The number of aromatic nitrogens is 3. The maximum Gasteiger partial charge on any atom is 0.229 e. The van der Waals surface area contributed by atoms with E-state index in [0.29, 0.717) is 11.5 Å². The topological polar surface area (TPSA) is 89.1 Å². The average molecular weight is 467 g/mol. The summed E-state index contributed by atoms with van der Waals surface area (Å²) in [5.74, 6) is 0.755. The van der Waals surface area contributed by atoms with Crippen LogP contribution >= 0.6 is 0 Å². The lowest BCUT2D eigenvalue weighted by molar-refractivity contribution is -0.117. The molecule has 2 aromatic carbocycles. The van der Waals surface area contributed by atoms with E-state index < -0.39 is 0 Å². The molecule has 2 fully saturated rings. The van der Waals surface area contributed by atoms with Crippen molar-refractivity contribution in [1.82, 2.24) is 14.8 Å². The van der Waals surface area contributed by atoms with Crippen molar-refractivity contribution in [1.29, 1.82) is 0 Å². The summed E-state index contributed by atoms with van der Waals surface area (Å²) in [6.07, 6.45) is 8.88. The minimum Gasteiger partial charge on any atom is -0.398 e. The number of carbonyl (C=O) groups excluding carboxylic acids is 1. The van der Waals surface area contributed by atoms with Crippen molar-refractivity contribution in [2.75, 3.05) is 29.0 Å². The maximum absolute atomic E-state index is 12.9. The quantitative estimate of drug-likeness (QED) is 0.410. The molecule has 1 saturated heterocycles. The van der Waals surface area contributed by atoms with Gasteiger partial charge in [-0.05, 0) is 78.4 Å². The van der Waals surface area contributed by atoms with Gasteiger partial charge in [-0.25, -0.2) is 4.98 Å². The zero-order chi connectivity index (χ0) is 24.1. The monoisotopic (exact) mass is 466 g/mol. The molecule has 7 nitrogen and oxygen atoms in total. The van der Waals surface area contributed by atoms with E-state index in [-0.39, 0.29) is 17.7 Å². The Balaban J connectivity index is 1.30. The van der Waals surface area contributed by atoms with Crippen molar-refractivity contribution >= 4 is 33.9 Å². The standard InChI is InChI=1S/C28H30N6O/c1-17-6-5-7-25(34-8-3-4-9-34)27(17)19-10-18-12-26(30-15-23(18)24(29)11-19)32-28(35)22-13-21(22)20-14-31-33(2)16-20/h5-7,10-12,14-16,21-22H,3-4,8-9,13,29H2,1-2H3,(H,30,32,35)/t21-,22+/m0/s1. The van der Waals surface area contributed by atoms with Crippen molar-refractivity contribution in [3.63, 3.8) is 0 Å². The van der Waals surface area contributed by atoms with Crippen molar-refractivity contribution in [2.24, 2.45) is 13.0 Å². The highest BCUT2D eigenvalue weighted by molar-refractivity contribution is 6.01. The molecule has 2 aromatic heterocycles. The number of pyridine rings is 1. The maximum atomic E-state index is 12.9. The summed E-state index contributed by atoms with van der Waals surface area (Å²) < 4.78 is 1.78. The first-order valence-corrected chi connectivity index (χ1v) is 12.3. The Bertz CT molecular complexity index is 1430. The zero-order valence-corrected chi connectivity index (χ0v) is 20.2. The molecule has 178 valence electrons. The lowest BCUT2D eigenvalue weighted by Gasteiger charge is -2.23. The van der Waals surface area contributed by atoms with Crippen LogP contribution in [-0.4, -0.2) is 33.8 Å². The van der Waals surface area contributed by atoms with E-state index in [1.807, 2.05) is 31.6 Å². The van der Waals surface area contributed by atoms with Crippen LogP contribution in [0.4, 0.5) is 17.2 Å². The summed E-state index contributed by atoms with van der Waals surface area (Å²) in [4.78, 5) is 19.8. The van der Waals surface area contributed by atoms with Gasteiger partial charge in [0.2, 0.25) is 5.91 Å². The number of hydrogen-bond donors (Lipinski definition) is 2. The van der Waals surface area contributed by atoms with Gasteiger partial charge in [0.25, 0.3) is 0 Å². The molecule has 1 amide bonds. The minimum absolute atomic E-state index is 0.00468. The minimum atomic E-state index is -0.0388. The Kier molecular flexibility index (Phi) is 5.20. The molecule has 35 heavy (non-hydrogen) atoms. The summed E-state index contributed by atoms with van der Waals surface area (Å²) in [5.41, 5.74) is 13.1. The molecule has 2 aliphatic rings. The number of nitrogens with zero attached hydrogens (tertiary/aromatic N) is 4. The third kappa shape index (κ3) is 4.01. The predicted octanol–water partition coefficient (Wildman–Crippen LogP) is 4.87. The lowest BCUT2D eigenvalue weighted by atomic mass is 9.95. The number of carbonyl (C=O) groups is 1. The van der Waals surface area contributed by atoms with Crippen LogP contribution in [-0.2, 0) is 11.8 Å². The molecule has 0 unspecified atom stereocenters. The zero-order valence-electron chi connectivity index (χ0n) is 20.2. The third-order valence-corrected chi connectivity index (χ3v) is 7.39. The van der Waals surface area contributed by atoms with Crippen molar-refractivity contribution in [3.8, 4) is 11.1 Å². The Morgan fingerprint density at radius 3 is 2.74 bits per heavy atom. The molecule has 0 radical (unpaired) electrons. The molecule has 1 saturated carbocycles. The fourth-order valence-electron chi connectivity index (χ4n) is 5.45. The van der Waals surface area contributed by atoms with Gasteiger partial charge in [0.1, 0.15) is 5.82 Å². The molecule has 1 aliphatic heterocycles. The number of benzene rings is 2. The van der Waals surface area contributed by atoms with Gasteiger partial charge >= 0.3 is 0 Å². The molecule has 3 N–H and O–H groups in total. The highest BCUT2D eigenvalue weighted by atomic mass is 16.2. The molecule has 2 atom stereocenters. The molecule has 6 rings (SSSR count). The van der Waals surface area contributed by atoms with E-state index in [1.54, 1.807) is 10.9 Å². The molecule has 4 aromatic rings. The van der Waals surface area contributed by atoms with E-state index in [0.717, 1.165) is 41.4 Å². The van der Waals surface area contributed by atoms with Gasteiger partial charge < -0.3 is 16.0 Å². The third-order valence-electron chi connectivity index (χ3n) is 7.39. The number of fused-ring (bicyclic) bond motifs is 1. The Morgan fingerprint density at radius 1 is 1.14 bits per heavy atom. The Hall–Kier alpha value is -3.87. The van der Waals surface area contributed by atoms with Crippen molar-refractivity contribution in [3.05, 3.63) is 66.1 Å². The van der Waals surface area contributed by atoms with Gasteiger partial charge in [0.05, 0.1) is 6.20 Å². The van der Waals surface area contributed by atoms with Crippen LogP contribution in [0.15, 0.2) is 55.0 Å². The van der Waals surface area contributed by atoms with Crippen LogP contribution in [0.5, 0.6) is 0 Å². The predicted molar refractivity (Wildman–Crippen MR) is 140 cm³/mol. The van der Waals surface area contributed by atoms with Gasteiger partial charge in [0, 0.05) is 60.8 Å². The number of anilines is 3. The van der Waals surface area contributed by atoms with Crippen LogP contribution in [0.25, 0.3) is 21.9 Å². The van der Waals surface area contributed by atoms with E-state index in [9.17, 15) is 4.79 Å². The van der Waals surface area contributed by atoms with Crippen molar-refractivity contribution < 1.29 is 4.79 Å². The summed E-state index contributed by atoms with van der Waals surface area (Å²) in [7, 11) is 1.89. The fourth-order valence-corrected chi connectivity index (χ4v) is 5.45. The summed E-state index contributed by atoms with van der Waals surface area (Å²) in [6.45, 7) is 4.32. The first-order chi connectivity index (χ1) is 17.0.